The number of unbranched alkanes of at least 4 members (excludes halogenated alkanes) is 1. The molecule has 0 radical (unpaired) electrons. The van der Waals surface area contributed by atoms with Gasteiger partial charge in [0, 0.05) is 30.2 Å². The van der Waals surface area contributed by atoms with Crippen LogP contribution in [0.3, 0.4) is 0 Å². The summed E-state index contributed by atoms with van der Waals surface area (Å²) in [7, 11) is 1.59. The maximum atomic E-state index is 12.6. The van der Waals surface area contributed by atoms with Crippen molar-refractivity contribution in [3.05, 3.63) is 55.5 Å². The number of carbonyl (C=O) groups excluding carboxylic acids is 1. The average Bonchev–Trinajstić information content (AvgIpc) is 3.14. The monoisotopic (exact) mass is 442 g/mol. The highest BCUT2D eigenvalue weighted by molar-refractivity contribution is 7.09. The highest BCUT2D eigenvalue weighted by Gasteiger charge is 2.18. The summed E-state index contributed by atoms with van der Waals surface area (Å²) in [5, 5.41) is 5.76. The number of aryl methyl sites for hydroxylation is 1. The molecule has 2 aromatic heterocycles. The molecule has 0 spiro atoms. The van der Waals surface area contributed by atoms with E-state index in [1.54, 1.807) is 24.5 Å². The Hall–Kier alpha value is -3.40. The van der Waals surface area contributed by atoms with E-state index >= 15 is 0 Å². The van der Waals surface area contributed by atoms with Crippen molar-refractivity contribution in [1.82, 2.24) is 14.5 Å². The van der Waals surface area contributed by atoms with Crippen LogP contribution in [-0.4, -0.2) is 34.0 Å². The lowest BCUT2D eigenvalue weighted by Gasteiger charge is -2.21. The molecule has 0 aliphatic rings. The molecule has 0 saturated heterocycles. The first-order valence-electron chi connectivity index (χ1n) is 9.96. The summed E-state index contributed by atoms with van der Waals surface area (Å²) >= 11 is 1.56. The Morgan fingerprint density at radius 3 is 2.81 bits per heavy atom. The van der Waals surface area contributed by atoms with Gasteiger partial charge in [-0.1, -0.05) is 25.5 Å². The van der Waals surface area contributed by atoms with E-state index in [0.717, 1.165) is 29.1 Å². The lowest BCUT2D eigenvalue weighted by atomic mass is 10.1. The van der Waals surface area contributed by atoms with Gasteiger partial charge >= 0.3 is 5.69 Å². The largest absolute Gasteiger partial charge is 0.383 e. The first kappa shape index (κ1) is 22.3. The van der Waals surface area contributed by atoms with Crippen LogP contribution in [0.25, 0.3) is 11.3 Å². The molecule has 2 heterocycles. The summed E-state index contributed by atoms with van der Waals surface area (Å²) in [4.78, 5) is 45.2. The molecule has 10 heteroatoms. The average molecular weight is 443 g/mol. The Bertz CT molecular complexity index is 1200. The summed E-state index contributed by atoms with van der Waals surface area (Å²) in [5.41, 5.74) is 7.41. The summed E-state index contributed by atoms with van der Waals surface area (Å²) in [6, 6.07) is 7.40. The van der Waals surface area contributed by atoms with E-state index in [9.17, 15) is 14.4 Å². The maximum Gasteiger partial charge on any atom is 0.330 e. The van der Waals surface area contributed by atoms with Gasteiger partial charge in [0.1, 0.15) is 11.5 Å². The number of anilines is 3. The molecule has 4 N–H and O–H groups in total. The summed E-state index contributed by atoms with van der Waals surface area (Å²) in [6.07, 6.45) is 1.62. The zero-order chi connectivity index (χ0) is 22.5. The van der Waals surface area contributed by atoms with Crippen molar-refractivity contribution in [2.24, 2.45) is 0 Å². The number of nitrogens with one attached hydrogen (secondary N) is 2. The van der Waals surface area contributed by atoms with Crippen LogP contribution in [0.1, 0.15) is 24.8 Å². The number of rotatable bonds is 8. The number of nitrogens with two attached hydrogens (primary N) is 1. The highest BCUT2D eigenvalue weighted by Crippen LogP contribution is 2.24. The second-order valence-electron chi connectivity index (χ2n) is 7.24. The van der Waals surface area contributed by atoms with E-state index in [0.29, 0.717) is 12.2 Å². The standard InChI is InChI=1S/C21H26N6O3S/c1-4-5-9-27-19(22)18(20(29)25-21(27)30)26(3)11-17(28)24-15-8-6-7-14(10-15)16-12-31-13(2)23-16/h6-8,10,12H,4-5,9,11,22H2,1-3H3,(H,24,28)(H,25,29,30). The second kappa shape index (κ2) is 9.61. The number of nitrogen functional groups attached to an aromatic ring is 1. The Morgan fingerprint density at radius 1 is 1.35 bits per heavy atom. The first-order valence-corrected chi connectivity index (χ1v) is 10.8. The molecule has 3 rings (SSSR count). The number of nitrogens with zero attached hydrogens (tertiary/aromatic N) is 3. The molecule has 0 atom stereocenters. The number of aromatic amines is 1. The van der Waals surface area contributed by atoms with Crippen molar-refractivity contribution >= 4 is 34.4 Å². The molecule has 1 amide bonds. The number of amides is 1. The molecule has 31 heavy (non-hydrogen) atoms. The highest BCUT2D eigenvalue weighted by atomic mass is 32.1. The van der Waals surface area contributed by atoms with E-state index in [4.69, 9.17) is 5.73 Å². The third kappa shape index (κ3) is 5.21. The second-order valence-corrected chi connectivity index (χ2v) is 8.30. The van der Waals surface area contributed by atoms with Crippen molar-refractivity contribution in [2.75, 3.05) is 29.5 Å². The zero-order valence-corrected chi connectivity index (χ0v) is 18.6. The molecular formula is C21H26N6O3S. The normalized spacial score (nSPS) is 10.8. The molecular weight excluding hydrogens is 416 g/mol. The van der Waals surface area contributed by atoms with Gasteiger partial charge in [-0.15, -0.1) is 11.3 Å². The van der Waals surface area contributed by atoms with E-state index in [1.807, 2.05) is 37.4 Å². The fraction of sp³-hybridized carbons (Fsp3) is 0.333. The number of H-pyrrole nitrogens is 1. The van der Waals surface area contributed by atoms with Gasteiger partial charge in [-0.25, -0.2) is 9.78 Å². The fourth-order valence-electron chi connectivity index (χ4n) is 3.23. The van der Waals surface area contributed by atoms with Crippen LogP contribution in [0.5, 0.6) is 0 Å². The van der Waals surface area contributed by atoms with Crippen LogP contribution >= 0.6 is 11.3 Å². The number of benzene rings is 1. The maximum absolute atomic E-state index is 12.6. The number of hydrogen-bond acceptors (Lipinski definition) is 7. The molecule has 0 fully saturated rings. The molecule has 0 bridgehead atoms. The minimum absolute atomic E-state index is 0.0541. The topological polar surface area (TPSA) is 126 Å². The van der Waals surface area contributed by atoms with Gasteiger partial charge in [-0.2, -0.15) is 0 Å². The van der Waals surface area contributed by atoms with E-state index in [2.05, 4.69) is 15.3 Å². The number of carbonyl (C=O) groups is 1. The summed E-state index contributed by atoms with van der Waals surface area (Å²) < 4.78 is 1.33. The van der Waals surface area contributed by atoms with E-state index in [1.165, 1.54) is 9.47 Å². The van der Waals surface area contributed by atoms with Crippen molar-refractivity contribution in [1.29, 1.82) is 0 Å². The third-order valence-electron chi connectivity index (χ3n) is 4.77. The Balaban J connectivity index is 1.76. The van der Waals surface area contributed by atoms with Gasteiger partial charge in [0.05, 0.1) is 17.2 Å². The molecule has 0 unspecified atom stereocenters. The predicted molar refractivity (Wildman–Crippen MR) is 125 cm³/mol. The van der Waals surface area contributed by atoms with E-state index < -0.39 is 11.2 Å². The van der Waals surface area contributed by atoms with Crippen LogP contribution in [0, 0.1) is 6.92 Å². The van der Waals surface area contributed by atoms with Crippen molar-refractivity contribution in [2.45, 2.75) is 33.2 Å². The van der Waals surface area contributed by atoms with Crippen LogP contribution in [0.2, 0.25) is 0 Å². The van der Waals surface area contributed by atoms with Gasteiger partial charge in [-0.05, 0) is 25.5 Å². The SMILES string of the molecule is CCCCn1c(N)c(N(C)CC(=O)Nc2cccc(-c3csc(C)n3)c2)c(=O)[nH]c1=O. The fourth-order valence-corrected chi connectivity index (χ4v) is 3.85. The Morgan fingerprint density at radius 2 is 2.13 bits per heavy atom. The van der Waals surface area contributed by atoms with Gasteiger partial charge < -0.3 is 16.0 Å². The first-order chi connectivity index (χ1) is 14.8. The number of thiazole rings is 1. The molecule has 164 valence electrons. The minimum Gasteiger partial charge on any atom is -0.383 e. The van der Waals surface area contributed by atoms with Crippen LogP contribution < -0.4 is 27.2 Å². The number of hydrogen-bond donors (Lipinski definition) is 3. The number of aromatic nitrogens is 3. The van der Waals surface area contributed by atoms with Gasteiger partial charge in [0.15, 0.2) is 0 Å². The Kier molecular flexibility index (Phi) is 6.91. The minimum atomic E-state index is -0.619. The molecule has 1 aromatic carbocycles. The molecule has 9 nitrogen and oxygen atoms in total. The predicted octanol–water partition coefficient (Wildman–Crippen LogP) is 2.43. The van der Waals surface area contributed by atoms with Crippen molar-refractivity contribution in [3.63, 3.8) is 0 Å². The summed E-state index contributed by atoms with van der Waals surface area (Å²) in [5.74, 6) is -0.266. The van der Waals surface area contributed by atoms with Crippen LogP contribution in [0.4, 0.5) is 17.2 Å². The zero-order valence-electron chi connectivity index (χ0n) is 17.8. The van der Waals surface area contributed by atoms with Gasteiger partial charge in [0.2, 0.25) is 5.91 Å². The molecule has 0 aliphatic carbocycles. The smallest absolute Gasteiger partial charge is 0.330 e. The third-order valence-corrected chi connectivity index (χ3v) is 5.55. The lowest BCUT2D eigenvalue weighted by Crippen LogP contribution is -2.39. The van der Waals surface area contributed by atoms with Crippen molar-refractivity contribution in [3.8, 4) is 11.3 Å². The number of likely N-dealkylation sites (N-methyl/N-ethyl adjacent to an activating group) is 1. The molecule has 0 aliphatic heterocycles. The molecule has 0 saturated carbocycles. The lowest BCUT2D eigenvalue weighted by molar-refractivity contribution is -0.114. The van der Waals surface area contributed by atoms with Gasteiger partial charge in [-0.3, -0.25) is 19.1 Å². The quantitative estimate of drug-likeness (QED) is 0.492. The van der Waals surface area contributed by atoms with Crippen LogP contribution in [0.15, 0.2) is 39.2 Å². The van der Waals surface area contributed by atoms with E-state index in [-0.39, 0.29) is 24.0 Å². The summed E-state index contributed by atoms with van der Waals surface area (Å²) in [6.45, 7) is 4.22. The van der Waals surface area contributed by atoms with Gasteiger partial charge in [0.25, 0.3) is 5.56 Å². The van der Waals surface area contributed by atoms with Crippen molar-refractivity contribution < 1.29 is 4.79 Å². The molecule has 3 aromatic rings. The van der Waals surface area contributed by atoms with Crippen LogP contribution in [-0.2, 0) is 11.3 Å². The Labute approximate surface area is 183 Å².